The fourth-order valence-corrected chi connectivity index (χ4v) is 3.84. The number of nitrogens with one attached hydrogen (secondary N) is 1. The number of anilines is 1. The summed E-state index contributed by atoms with van der Waals surface area (Å²) in [5, 5.41) is 2.93. The Morgan fingerprint density at radius 2 is 1.70 bits per heavy atom. The smallest absolute Gasteiger partial charge is 0.253 e. The molecule has 1 aliphatic heterocycles. The standard InChI is InChI=1S/C25H31N3O2/c26-23-12-5-4-9-21(23)13-14-24(29)27-17-7-6-8-20-15-18-28(19-16-20)25(30)22-10-2-1-3-11-22/h1-5,9-14,20H,6-8,15-19,26H2,(H,27,29)/b14-13+. The molecule has 3 rings (SSSR count). The number of nitrogen functional groups attached to an aromatic ring is 1. The Morgan fingerprint density at radius 1 is 1.00 bits per heavy atom. The highest BCUT2D eigenvalue weighted by atomic mass is 16.2. The summed E-state index contributed by atoms with van der Waals surface area (Å²) in [5.74, 6) is 0.717. The topological polar surface area (TPSA) is 75.4 Å². The van der Waals surface area contributed by atoms with Gasteiger partial charge in [-0.1, -0.05) is 49.2 Å². The minimum absolute atomic E-state index is 0.0917. The summed E-state index contributed by atoms with van der Waals surface area (Å²) in [6.45, 7) is 2.35. The SMILES string of the molecule is Nc1ccccc1/C=C/C(=O)NCCCCC1CCN(C(=O)c2ccccc2)CC1. The monoisotopic (exact) mass is 405 g/mol. The molecule has 0 atom stereocenters. The normalized spacial score (nSPS) is 14.7. The van der Waals surface area contributed by atoms with E-state index in [9.17, 15) is 9.59 Å². The minimum atomic E-state index is -0.0917. The zero-order chi connectivity index (χ0) is 21.2. The van der Waals surface area contributed by atoms with Crippen molar-refractivity contribution in [2.45, 2.75) is 32.1 Å². The van der Waals surface area contributed by atoms with Crippen LogP contribution >= 0.6 is 0 Å². The highest BCUT2D eigenvalue weighted by Gasteiger charge is 2.23. The van der Waals surface area contributed by atoms with Gasteiger partial charge in [0.15, 0.2) is 0 Å². The number of nitrogens with zero attached hydrogens (tertiary/aromatic N) is 1. The molecule has 0 unspecified atom stereocenters. The highest BCUT2D eigenvalue weighted by Crippen LogP contribution is 2.23. The van der Waals surface area contributed by atoms with Crippen molar-refractivity contribution in [1.29, 1.82) is 0 Å². The molecule has 1 fully saturated rings. The number of hydrogen-bond donors (Lipinski definition) is 2. The van der Waals surface area contributed by atoms with Gasteiger partial charge in [-0.15, -0.1) is 0 Å². The number of carbonyl (C=O) groups excluding carboxylic acids is 2. The molecule has 0 spiro atoms. The Bertz CT molecular complexity index is 856. The van der Waals surface area contributed by atoms with Gasteiger partial charge >= 0.3 is 0 Å². The van der Waals surface area contributed by atoms with Crippen molar-refractivity contribution < 1.29 is 9.59 Å². The van der Waals surface area contributed by atoms with Crippen molar-refractivity contribution >= 4 is 23.6 Å². The number of unbranched alkanes of at least 4 members (excludes halogenated alkanes) is 1. The predicted molar refractivity (Wildman–Crippen MR) is 122 cm³/mol. The van der Waals surface area contributed by atoms with Crippen LogP contribution in [-0.2, 0) is 4.79 Å². The second kappa shape index (κ2) is 11.2. The van der Waals surface area contributed by atoms with E-state index in [0.717, 1.165) is 56.3 Å². The van der Waals surface area contributed by atoms with Gasteiger partial charge in [0.1, 0.15) is 0 Å². The molecule has 2 aromatic rings. The number of piperidine rings is 1. The molecule has 1 heterocycles. The van der Waals surface area contributed by atoms with Crippen molar-refractivity contribution in [2.24, 2.45) is 5.92 Å². The van der Waals surface area contributed by atoms with E-state index in [2.05, 4.69) is 5.32 Å². The number of benzene rings is 2. The van der Waals surface area contributed by atoms with Gasteiger partial charge in [0.2, 0.25) is 5.91 Å². The van der Waals surface area contributed by atoms with Crippen LogP contribution in [-0.4, -0.2) is 36.3 Å². The third-order valence-electron chi connectivity index (χ3n) is 5.67. The van der Waals surface area contributed by atoms with Crippen LogP contribution in [0.5, 0.6) is 0 Å². The summed E-state index contributed by atoms with van der Waals surface area (Å²) in [5.41, 5.74) is 8.16. The molecular weight excluding hydrogens is 374 g/mol. The summed E-state index contributed by atoms with van der Waals surface area (Å²) in [6.07, 6.45) is 8.61. The Balaban J connectivity index is 1.28. The molecule has 0 aliphatic carbocycles. The number of para-hydroxylation sites is 1. The minimum Gasteiger partial charge on any atom is -0.398 e. The van der Waals surface area contributed by atoms with Crippen molar-refractivity contribution in [2.75, 3.05) is 25.4 Å². The van der Waals surface area contributed by atoms with E-state index in [-0.39, 0.29) is 11.8 Å². The van der Waals surface area contributed by atoms with Crippen LogP contribution in [0.3, 0.4) is 0 Å². The fourth-order valence-electron chi connectivity index (χ4n) is 3.84. The van der Waals surface area contributed by atoms with Gasteiger partial charge in [-0.25, -0.2) is 0 Å². The van der Waals surface area contributed by atoms with E-state index >= 15 is 0 Å². The number of carbonyl (C=O) groups is 2. The first-order valence-corrected chi connectivity index (χ1v) is 10.8. The Hall–Kier alpha value is -3.08. The molecule has 158 valence electrons. The lowest BCUT2D eigenvalue weighted by molar-refractivity contribution is -0.116. The number of likely N-dealkylation sites (tertiary alicyclic amines) is 1. The molecule has 0 saturated carbocycles. The molecule has 5 nitrogen and oxygen atoms in total. The summed E-state index contributed by atoms with van der Waals surface area (Å²) in [4.78, 5) is 26.4. The molecule has 0 radical (unpaired) electrons. The maximum Gasteiger partial charge on any atom is 0.253 e. The van der Waals surface area contributed by atoms with Crippen LogP contribution in [0.4, 0.5) is 5.69 Å². The summed E-state index contributed by atoms with van der Waals surface area (Å²) < 4.78 is 0. The van der Waals surface area contributed by atoms with Gasteiger partial charge < -0.3 is 16.0 Å². The van der Waals surface area contributed by atoms with Crippen molar-refractivity contribution in [3.8, 4) is 0 Å². The summed E-state index contributed by atoms with van der Waals surface area (Å²) in [7, 11) is 0. The van der Waals surface area contributed by atoms with E-state index in [1.807, 2.05) is 59.5 Å². The lowest BCUT2D eigenvalue weighted by atomic mass is 9.91. The molecule has 30 heavy (non-hydrogen) atoms. The van der Waals surface area contributed by atoms with E-state index < -0.39 is 0 Å². The van der Waals surface area contributed by atoms with Crippen LogP contribution in [0.25, 0.3) is 6.08 Å². The van der Waals surface area contributed by atoms with Crippen LogP contribution in [0.2, 0.25) is 0 Å². The van der Waals surface area contributed by atoms with Gasteiger partial charge in [-0.2, -0.15) is 0 Å². The van der Waals surface area contributed by atoms with Crippen LogP contribution in [0.15, 0.2) is 60.7 Å². The van der Waals surface area contributed by atoms with Crippen molar-refractivity contribution in [3.05, 3.63) is 71.8 Å². The van der Waals surface area contributed by atoms with E-state index in [1.165, 1.54) is 6.08 Å². The molecule has 1 saturated heterocycles. The zero-order valence-corrected chi connectivity index (χ0v) is 17.4. The number of nitrogens with two attached hydrogens (primary N) is 1. The van der Waals surface area contributed by atoms with Crippen molar-refractivity contribution in [3.63, 3.8) is 0 Å². The second-order valence-corrected chi connectivity index (χ2v) is 7.85. The van der Waals surface area contributed by atoms with Gasteiger partial charge in [-0.3, -0.25) is 9.59 Å². The maximum absolute atomic E-state index is 12.5. The number of hydrogen-bond acceptors (Lipinski definition) is 3. The Morgan fingerprint density at radius 3 is 2.43 bits per heavy atom. The average molecular weight is 406 g/mol. The molecule has 1 aliphatic rings. The predicted octanol–water partition coefficient (Wildman–Crippen LogP) is 4.12. The molecular formula is C25H31N3O2. The molecule has 0 bridgehead atoms. The van der Waals surface area contributed by atoms with Gasteiger partial charge in [0.05, 0.1) is 0 Å². The molecule has 5 heteroatoms. The third kappa shape index (κ3) is 6.48. The number of rotatable bonds is 8. The Labute approximate surface area is 179 Å². The van der Waals surface area contributed by atoms with Crippen molar-refractivity contribution in [1.82, 2.24) is 10.2 Å². The lowest BCUT2D eigenvalue weighted by Crippen LogP contribution is -2.38. The molecule has 3 N–H and O–H groups in total. The molecule has 2 amide bonds. The molecule has 0 aromatic heterocycles. The van der Waals surface area contributed by atoms with Gasteiger partial charge in [-0.05, 0) is 55.0 Å². The van der Waals surface area contributed by atoms with E-state index in [1.54, 1.807) is 6.08 Å². The van der Waals surface area contributed by atoms with Gasteiger partial charge in [0.25, 0.3) is 5.91 Å². The first-order chi connectivity index (χ1) is 14.6. The van der Waals surface area contributed by atoms with Crippen LogP contribution in [0.1, 0.15) is 48.0 Å². The first-order valence-electron chi connectivity index (χ1n) is 10.8. The van der Waals surface area contributed by atoms with Crippen LogP contribution in [0, 0.1) is 5.92 Å². The summed E-state index contributed by atoms with van der Waals surface area (Å²) >= 11 is 0. The lowest BCUT2D eigenvalue weighted by Gasteiger charge is -2.32. The summed E-state index contributed by atoms with van der Waals surface area (Å²) in [6, 6.07) is 17.0. The third-order valence-corrected chi connectivity index (χ3v) is 5.67. The van der Waals surface area contributed by atoms with E-state index in [0.29, 0.717) is 18.2 Å². The van der Waals surface area contributed by atoms with Crippen LogP contribution < -0.4 is 11.1 Å². The average Bonchev–Trinajstić information content (AvgIpc) is 2.79. The van der Waals surface area contributed by atoms with Gasteiger partial charge in [0, 0.05) is 37.0 Å². The van der Waals surface area contributed by atoms with E-state index in [4.69, 9.17) is 5.73 Å². The zero-order valence-electron chi connectivity index (χ0n) is 17.4. The maximum atomic E-state index is 12.5. The first kappa shape index (κ1) is 21.6. The molecule has 2 aromatic carbocycles. The quantitative estimate of drug-likeness (QED) is 0.394. The number of amides is 2. The largest absolute Gasteiger partial charge is 0.398 e. The fraction of sp³-hybridized carbons (Fsp3) is 0.360. The second-order valence-electron chi connectivity index (χ2n) is 7.85. The Kier molecular flexibility index (Phi) is 8.07. The highest BCUT2D eigenvalue weighted by molar-refractivity contribution is 5.94.